The molecule has 90 valence electrons. The molecule has 3 nitrogen and oxygen atoms in total. The van der Waals surface area contributed by atoms with Gasteiger partial charge in [-0.2, -0.15) is 0 Å². The normalized spacial score (nSPS) is 10.8. The molecule has 17 heavy (non-hydrogen) atoms. The molecule has 0 unspecified atom stereocenters. The summed E-state index contributed by atoms with van der Waals surface area (Å²) < 4.78 is 26.1. The first-order valence-corrected chi connectivity index (χ1v) is 5.33. The van der Waals surface area contributed by atoms with Crippen molar-refractivity contribution < 1.29 is 8.78 Å². The van der Waals surface area contributed by atoms with E-state index in [1.807, 2.05) is 13.8 Å². The highest BCUT2D eigenvalue weighted by Crippen LogP contribution is 2.26. The van der Waals surface area contributed by atoms with Crippen LogP contribution in [0.15, 0.2) is 12.1 Å². The average molecular weight is 237 g/mol. The number of nitrogens with two attached hydrogens (primary N) is 1. The van der Waals surface area contributed by atoms with E-state index in [0.29, 0.717) is 11.4 Å². The van der Waals surface area contributed by atoms with E-state index in [-0.39, 0.29) is 5.69 Å². The van der Waals surface area contributed by atoms with Crippen molar-refractivity contribution in [3.05, 3.63) is 35.2 Å². The molecule has 0 aliphatic carbocycles. The molecule has 0 amide bonds. The Morgan fingerprint density at radius 1 is 1.29 bits per heavy atom. The monoisotopic (exact) mass is 237 g/mol. The molecule has 2 aromatic rings. The molecule has 1 heterocycles. The van der Waals surface area contributed by atoms with Crippen LogP contribution in [0.3, 0.4) is 0 Å². The van der Waals surface area contributed by atoms with Gasteiger partial charge in [0.25, 0.3) is 0 Å². The summed E-state index contributed by atoms with van der Waals surface area (Å²) in [5.74, 6) is -1.41. The minimum absolute atomic E-state index is 0.167. The zero-order valence-corrected chi connectivity index (χ0v) is 9.64. The van der Waals surface area contributed by atoms with Crippen molar-refractivity contribution in [1.82, 2.24) is 9.97 Å². The van der Waals surface area contributed by atoms with E-state index in [0.717, 1.165) is 29.9 Å². The zero-order chi connectivity index (χ0) is 12.6. The predicted molar refractivity (Wildman–Crippen MR) is 62.5 cm³/mol. The minimum Gasteiger partial charge on any atom is -0.398 e. The summed E-state index contributed by atoms with van der Waals surface area (Å²) >= 11 is 0. The van der Waals surface area contributed by atoms with Crippen LogP contribution in [0, 0.1) is 18.6 Å². The molecule has 1 aromatic carbocycles. The fraction of sp³-hybridized carbons (Fsp3) is 0.250. The molecule has 5 heteroatoms. The van der Waals surface area contributed by atoms with Crippen molar-refractivity contribution in [3.63, 3.8) is 0 Å². The van der Waals surface area contributed by atoms with E-state index in [1.165, 1.54) is 0 Å². The van der Waals surface area contributed by atoms with Gasteiger partial charge in [-0.25, -0.2) is 13.8 Å². The topological polar surface area (TPSA) is 54.7 Å². The number of rotatable bonds is 2. The molecular formula is C12H13F2N3. The van der Waals surface area contributed by atoms with Gasteiger partial charge in [-0.15, -0.1) is 0 Å². The van der Waals surface area contributed by atoms with Crippen molar-refractivity contribution >= 4 is 5.69 Å². The van der Waals surface area contributed by atoms with E-state index in [2.05, 4.69) is 9.97 Å². The third kappa shape index (κ3) is 2.00. The maximum absolute atomic E-state index is 13.2. The van der Waals surface area contributed by atoms with Crippen LogP contribution in [-0.4, -0.2) is 9.97 Å². The molecule has 0 bridgehead atoms. The highest BCUT2D eigenvalue weighted by molar-refractivity contribution is 5.71. The number of anilines is 1. The van der Waals surface area contributed by atoms with Gasteiger partial charge in [0.1, 0.15) is 5.82 Å². The lowest BCUT2D eigenvalue weighted by molar-refractivity contribution is 0.509. The fourth-order valence-electron chi connectivity index (χ4n) is 1.74. The molecule has 1 aromatic heterocycles. The second-order valence-corrected chi connectivity index (χ2v) is 3.86. The summed E-state index contributed by atoms with van der Waals surface area (Å²) in [4.78, 5) is 7.32. The largest absolute Gasteiger partial charge is 0.398 e. The molecule has 0 saturated heterocycles. The number of nitrogens with zero attached hydrogens (tertiary/aromatic N) is 1. The van der Waals surface area contributed by atoms with E-state index in [4.69, 9.17) is 5.73 Å². The number of hydrogen-bond acceptors (Lipinski definition) is 2. The predicted octanol–water partition coefficient (Wildman–Crippen LogP) is 2.81. The number of aromatic nitrogens is 2. The molecule has 0 spiro atoms. The molecule has 0 radical (unpaired) electrons. The van der Waals surface area contributed by atoms with Crippen LogP contribution >= 0.6 is 0 Å². The molecule has 2 rings (SSSR count). The van der Waals surface area contributed by atoms with Gasteiger partial charge in [0, 0.05) is 23.0 Å². The maximum atomic E-state index is 13.2. The SMILES string of the molecule is CCc1nc(-c2cc(F)c(F)cc2N)[nH]c1C. The van der Waals surface area contributed by atoms with E-state index in [1.54, 1.807) is 0 Å². The third-order valence-electron chi connectivity index (χ3n) is 2.67. The molecule has 0 atom stereocenters. The van der Waals surface area contributed by atoms with E-state index < -0.39 is 11.6 Å². The lowest BCUT2D eigenvalue weighted by atomic mass is 10.1. The van der Waals surface area contributed by atoms with Gasteiger partial charge in [-0.3, -0.25) is 0 Å². The average Bonchev–Trinajstić information content (AvgIpc) is 2.65. The van der Waals surface area contributed by atoms with Crippen LogP contribution < -0.4 is 5.73 Å². The molecule has 0 saturated carbocycles. The zero-order valence-electron chi connectivity index (χ0n) is 9.64. The molecule has 0 fully saturated rings. The first-order valence-electron chi connectivity index (χ1n) is 5.33. The number of benzene rings is 1. The van der Waals surface area contributed by atoms with Crippen molar-refractivity contribution in [3.8, 4) is 11.4 Å². The molecule has 0 aliphatic rings. The first kappa shape index (κ1) is 11.6. The second kappa shape index (κ2) is 4.16. The van der Waals surface area contributed by atoms with Crippen LogP contribution in [-0.2, 0) is 6.42 Å². The number of aromatic amines is 1. The summed E-state index contributed by atoms with van der Waals surface area (Å²) in [7, 11) is 0. The number of H-pyrrole nitrogens is 1. The van der Waals surface area contributed by atoms with Crippen LogP contribution in [0.5, 0.6) is 0 Å². The standard InChI is InChI=1S/C12H13F2N3/c1-3-11-6(2)16-12(17-11)7-4-8(13)9(14)5-10(7)15/h4-5H,3,15H2,1-2H3,(H,16,17). The third-order valence-corrected chi connectivity index (χ3v) is 2.67. The van der Waals surface area contributed by atoms with Gasteiger partial charge in [0.15, 0.2) is 11.6 Å². The van der Waals surface area contributed by atoms with Crippen LogP contribution in [0.2, 0.25) is 0 Å². The molecular weight excluding hydrogens is 224 g/mol. The number of nitrogen functional groups attached to an aromatic ring is 1. The number of aryl methyl sites for hydroxylation is 2. The summed E-state index contributed by atoms with van der Waals surface area (Å²) in [6.07, 6.45) is 0.770. The van der Waals surface area contributed by atoms with E-state index in [9.17, 15) is 8.78 Å². The summed E-state index contributed by atoms with van der Waals surface area (Å²) in [6.45, 7) is 3.85. The van der Waals surface area contributed by atoms with Gasteiger partial charge in [-0.05, 0) is 19.4 Å². The Balaban J connectivity index is 2.56. The number of halogens is 2. The van der Waals surface area contributed by atoms with Gasteiger partial charge < -0.3 is 10.7 Å². The van der Waals surface area contributed by atoms with Crippen LogP contribution in [0.25, 0.3) is 11.4 Å². The Morgan fingerprint density at radius 3 is 2.53 bits per heavy atom. The van der Waals surface area contributed by atoms with Gasteiger partial charge >= 0.3 is 0 Å². The highest BCUT2D eigenvalue weighted by atomic mass is 19.2. The Labute approximate surface area is 97.7 Å². The number of nitrogens with one attached hydrogen (secondary N) is 1. The quantitative estimate of drug-likeness (QED) is 0.789. The van der Waals surface area contributed by atoms with Crippen molar-refractivity contribution in [2.45, 2.75) is 20.3 Å². The molecule has 0 aliphatic heterocycles. The van der Waals surface area contributed by atoms with Gasteiger partial charge in [0.05, 0.1) is 5.69 Å². The summed E-state index contributed by atoms with van der Waals surface area (Å²) in [6, 6.07) is 2.02. The van der Waals surface area contributed by atoms with Gasteiger partial charge in [0.2, 0.25) is 0 Å². The highest BCUT2D eigenvalue weighted by Gasteiger charge is 2.13. The Hall–Kier alpha value is -1.91. The number of hydrogen-bond donors (Lipinski definition) is 2. The Kier molecular flexibility index (Phi) is 2.83. The van der Waals surface area contributed by atoms with Crippen molar-refractivity contribution in [1.29, 1.82) is 0 Å². The lowest BCUT2D eigenvalue weighted by Crippen LogP contribution is -1.95. The second-order valence-electron chi connectivity index (χ2n) is 3.86. The van der Waals surface area contributed by atoms with Crippen LogP contribution in [0.4, 0.5) is 14.5 Å². The van der Waals surface area contributed by atoms with Crippen molar-refractivity contribution in [2.24, 2.45) is 0 Å². The first-order chi connectivity index (χ1) is 8.02. The minimum atomic E-state index is -0.953. The van der Waals surface area contributed by atoms with Crippen molar-refractivity contribution in [2.75, 3.05) is 5.73 Å². The number of imidazole rings is 1. The summed E-state index contributed by atoms with van der Waals surface area (Å²) in [5, 5.41) is 0. The lowest BCUT2D eigenvalue weighted by Gasteiger charge is -2.03. The Morgan fingerprint density at radius 2 is 1.94 bits per heavy atom. The Bertz CT molecular complexity index is 561. The fourth-order valence-corrected chi connectivity index (χ4v) is 1.74. The summed E-state index contributed by atoms with van der Waals surface area (Å²) in [5.41, 5.74) is 8.01. The smallest absolute Gasteiger partial charge is 0.160 e. The molecule has 3 N–H and O–H groups in total. The van der Waals surface area contributed by atoms with Crippen LogP contribution in [0.1, 0.15) is 18.3 Å². The maximum Gasteiger partial charge on any atom is 0.160 e. The van der Waals surface area contributed by atoms with E-state index >= 15 is 0 Å². The van der Waals surface area contributed by atoms with Gasteiger partial charge in [-0.1, -0.05) is 6.92 Å².